The third-order valence-electron chi connectivity index (χ3n) is 2.69. The van der Waals surface area contributed by atoms with Gasteiger partial charge in [0.2, 0.25) is 0 Å². The summed E-state index contributed by atoms with van der Waals surface area (Å²) in [7, 11) is 0. The van der Waals surface area contributed by atoms with E-state index in [1.807, 2.05) is 6.92 Å². The molecule has 15 heavy (non-hydrogen) atoms. The van der Waals surface area contributed by atoms with Crippen LogP contribution in [-0.4, -0.2) is 22.1 Å². The molecule has 0 aliphatic carbocycles. The smallest absolute Gasteiger partial charge is 0.181 e. The molecule has 0 bridgehead atoms. The van der Waals surface area contributed by atoms with Crippen molar-refractivity contribution in [3.63, 3.8) is 0 Å². The molecule has 4 heteroatoms. The van der Waals surface area contributed by atoms with Crippen LogP contribution in [0, 0.1) is 5.92 Å². The van der Waals surface area contributed by atoms with Crippen molar-refractivity contribution < 1.29 is 4.79 Å². The molecule has 0 spiro atoms. The van der Waals surface area contributed by atoms with Crippen LogP contribution in [-0.2, 0) is 6.54 Å². The summed E-state index contributed by atoms with van der Waals surface area (Å²) in [6.45, 7) is 5.34. The minimum absolute atomic E-state index is 0.145. The summed E-state index contributed by atoms with van der Waals surface area (Å²) in [4.78, 5) is 11.9. The summed E-state index contributed by atoms with van der Waals surface area (Å²) in [6, 6.07) is 1.77. The number of Topliss-reactive ketones (excluding diaryl/α,β-unsaturated/α-hetero) is 1. The lowest BCUT2D eigenvalue weighted by Gasteiger charge is -2.11. The second-order valence-corrected chi connectivity index (χ2v) is 3.67. The SMILES string of the molecule is CCC(CN)CC(=O)c1ccnn1CC. The van der Waals surface area contributed by atoms with Gasteiger partial charge in [-0.25, -0.2) is 0 Å². The molecule has 0 saturated heterocycles. The van der Waals surface area contributed by atoms with Crippen LogP contribution >= 0.6 is 0 Å². The molecule has 4 nitrogen and oxygen atoms in total. The second-order valence-electron chi connectivity index (χ2n) is 3.67. The Morgan fingerprint density at radius 1 is 1.60 bits per heavy atom. The summed E-state index contributed by atoms with van der Waals surface area (Å²) >= 11 is 0. The number of rotatable bonds is 6. The molecule has 1 atom stereocenters. The minimum Gasteiger partial charge on any atom is -0.330 e. The Bertz CT molecular complexity index is 315. The van der Waals surface area contributed by atoms with Crippen LogP contribution in [0.15, 0.2) is 12.3 Å². The van der Waals surface area contributed by atoms with Gasteiger partial charge in [0.15, 0.2) is 5.78 Å². The molecule has 0 fully saturated rings. The van der Waals surface area contributed by atoms with Gasteiger partial charge in [-0.1, -0.05) is 13.3 Å². The number of nitrogens with zero attached hydrogens (tertiary/aromatic N) is 2. The van der Waals surface area contributed by atoms with E-state index in [1.165, 1.54) is 0 Å². The zero-order valence-corrected chi connectivity index (χ0v) is 9.44. The van der Waals surface area contributed by atoms with Crippen molar-refractivity contribution in [2.24, 2.45) is 11.7 Å². The monoisotopic (exact) mass is 209 g/mol. The van der Waals surface area contributed by atoms with E-state index in [1.54, 1.807) is 16.9 Å². The maximum atomic E-state index is 11.9. The Labute approximate surface area is 90.5 Å². The van der Waals surface area contributed by atoms with Crippen molar-refractivity contribution in [2.45, 2.75) is 33.2 Å². The maximum Gasteiger partial charge on any atom is 0.181 e. The second kappa shape index (κ2) is 5.66. The van der Waals surface area contributed by atoms with E-state index in [2.05, 4.69) is 12.0 Å². The number of carbonyl (C=O) groups excluding carboxylic acids is 1. The summed E-state index contributed by atoms with van der Waals surface area (Å²) in [5.74, 6) is 0.435. The van der Waals surface area contributed by atoms with Crippen LogP contribution < -0.4 is 5.73 Å². The average Bonchev–Trinajstić information content (AvgIpc) is 2.73. The molecule has 1 heterocycles. The molecular formula is C11H19N3O. The number of aromatic nitrogens is 2. The molecule has 1 aromatic rings. The molecule has 1 unspecified atom stereocenters. The Balaban J connectivity index is 2.68. The molecule has 0 saturated carbocycles. The third-order valence-corrected chi connectivity index (χ3v) is 2.69. The van der Waals surface area contributed by atoms with E-state index >= 15 is 0 Å². The quantitative estimate of drug-likeness (QED) is 0.721. The molecule has 0 radical (unpaired) electrons. The highest BCUT2D eigenvalue weighted by Gasteiger charge is 2.15. The number of hydrogen-bond acceptors (Lipinski definition) is 3. The lowest BCUT2D eigenvalue weighted by molar-refractivity contribution is 0.0951. The summed E-state index contributed by atoms with van der Waals surface area (Å²) in [6.07, 6.45) is 3.14. The van der Waals surface area contributed by atoms with Crippen molar-refractivity contribution in [2.75, 3.05) is 6.54 Å². The first-order valence-electron chi connectivity index (χ1n) is 5.47. The van der Waals surface area contributed by atoms with Gasteiger partial charge in [-0.05, 0) is 25.5 Å². The van der Waals surface area contributed by atoms with Gasteiger partial charge in [-0.2, -0.15) is 5.10 Å². The van der Waals surface area contributed by atoms with Gasteiger partial charge in [-0.3, -0.25) is 9.48 Å². The molecule has 1 aromatic heterocycles. The first-order valence-corrected chi connectivity index (χ1v) is 5.47. The van der Waals surface area contributed by atoms with Gasteiger partial charge >= 0.3 is 0 Å². The normalized spacial score (nSPS) is 12.7. The molecule has 0 amide bonds. The minimum atomic E-state index is 0.145. The van der Waals surface area contributed by atoms with Crippen LogP contribution in [0.2, 0.25) is 0 Å². The first-order chi connectivity index (χ1) is 7.22. The molecular weight excluding hydrogens is 190 g/mol. The Morgan fingerprint density at radius 3 is 2.87 bits per heavy atom. The third kappa shape index (κ3) is 2.89. The molecule has 0 aliphatic heterocycles. The highest BCUT2D eigenvalue weighted by Crippen LogP contribution is 2.12. The lowest BCUT2D eigenvalue weighted by Crippen LogP contribution is -2.19. The van der Waals surface area contributed by atoms with Crippen molar-refractivity contribution in [3.8, 4) is 0 Å². The fraction of sp³-hybridized carbons (Fsp3) is 0.636. The van der Waals surface area contributed by atoms with E-state index < -0.39 is 0 Å². The maximum absolute atomic E-state index is 11.9. The van der Waals surface area contributed by atoms with Crippen molar-refractivity contribution in [1.29, 1.82) is 0 Å². The van der Waals surface area contributed by atoms with Gasteiger partial charge in [0, 0.05) is 19.2 Å². The standard InChI is InChI=1S/C11H19N3O/c1-3-9(8-12)7-11(15)10-5-6-13-14(10)4-2/h5-6,9H,3-4,7-8,12H2,1-2H3. The van der Waals surface area contributed by atoms with Crippen LogP contribution in [0.1, 0.15) is 37.2 Å². The molecule has 0 aromatic carbocycles. The van der Waals surface area contributed by atoms with Crippen LogP contribution in [0.3, 0.4) is 0 Å². The summed E-state index contributed by atoms with van der Waals surface area (Å²) < 4.78 is 1.73. The zero-order chi connectivity index (χ0) is 11.3. The van der Waals surface area contributed by atoms with Gasteiger partial charge in [0.1, 0.15) is 5.69 Å². The predicted molar refractivity (Wildman–Crippen MR) is 59.7 cm³/mol. The molecule has 84 valence electrons. The summed E-state index contributed by atoms with van der Waals surface area (Å²) in [5, 5.41) is 4.08. The lowest BCUT2D eigenvalue weighted by atomic mass is 9.98. The average molecular weight is 209 g/mol. The van der Waals surface area contributed by atoms with Crippen molar-refractivity contribution in [3.05, 3.63) is 18.0 Å². The molecule has 2 N–H and O–H groups in total. The fourth-order valence-corrected chi connectivity index (χ4v) is 1.58. The van der Waals surface area contributed by atoms with E-state index in [9.17, 15) is 4.79 Å². The highest BCUT2D eigenvalue weighted by atomic mass is 16.1. The van der Waals surface area contributed by atoms with Gasteiger partial charge in [0.25, 0.3) is 0 Å². The van der Waals surface area contributed by atoms with Gasteiger partial charge in [0.05, 0.1) is 0 Å². The summed E-state index contributed by atoms with van der Waals surface area (Å²) in [5.41, 5.74) is 6.28. The molecule has 0 aliphatic rings. The van der Waals surface area contributed by atoms with Gasteiger partial charge in [-0.15, -0.1) is 0 Å². The molecule has 1 rings (SSSR count). The Hall–Kier alpha value is -1.16. The first kappa shape index (κ1) is 11.9. The number of aryl methyl sites for hydroxylation is 1. The van der Waals surface area contributed by atoms with Crippen LogP contribution in [0.25, 0.3) is 0 Å². The Morgan fingerprint density at radius 2 is 2.33 bits per heavy atom. The van der Waals surface area contributed by atoms with Crippen LogP contribution in [0.5, 0.6) is 0 Å². The number of carbonyl (C=O) groups is 1. The van der Waals surface area contributed by atoms with Crippen molar-refractivity contribution >= 4 is 5.78 Å². The van der Waals surface area contributed by atoms with Crippen LogP contribution in [0.4, 0.5) is 0 Å². The fourth-order valence-electron chi connectivity index (χ4n) is 1.58. The van der Waals surface area contributed by atoms with E-state index in [-0.39, 0.29) is 11.7 Å². The largest absolute Gasteiger partial charge is 0.330 e. The predicted octanol–water partition coefficient (Wildman–Crippen LogP) is 1.46. The van der Waals surface area contributed by atoms with Crippen molar-refractivity contribution in [1.82, 2.24) is 9.78 Å². The number of ketones is 1. The zero-order valence-electron chi connectivity index (χ0n) is 9.44. The number of nitrogens with two attached hydrogens (primary N) is 1. The van der Waals surface area contributed by atoms with Gasteiger partial charge < -0.3 is 5.73 Å². The van der Waals surface area contributed by atoms with E-state index in [0.29, 0.717) is 18.7 Å². The Kier molecular flexibility index (Phi) is 4.49. The van der Waals surface area contributed by atoms with E-state index in [0.717, 1.165) is 13.0 Å². The van der Waals surface area contributed by atoms with E-state index in [4.69, 9.17) is 5.73 Å². The number of hydrogen-bond donors (Lipinski definition) is 1. The highest BCUT2D eigenvalue weighted by molar-refractivity contribution is 5.94. The topological polar surface area (TPSA) is 60.9 Å².